The number of ether oxygens (including phenoxy) is 2. The third-order valence-electron chi connectivity index (χ3n) is 2.90. The van der Waals surface area contributed by atoms with Gasteiger partial charge in [0, 0.05) is 13.2 Å². The minimum absolute atomic E-state index is 0.00439. The van der Waals surface area contributed by atoms with Crippen molar-refractivity contribution in [2.24, 2.45) is 5.73 Å². The maximum Gasteiger partial charge on any atom is 0.0980 e. The van der Waals surface area contributed by atoms with Gasteiger partial charge in [-0.2, -0.15) is 11.3 Å². The quantitative estimate of drug-likeness (QED) is 0.816. The maximum absolute atomic E-state index is 5.96. The average Bonchev–Trinajstić information content (AvgIpc) is 2.77. The van der Waals surface area contributed by atoms with E-state index in [-0.39, 0.29) is 17.7 Å². The van der Waals surface area contributed by atoms with E-state index in [9.17, 15) is 0 Å². The number of rotatable bonds is 7. The zero-order valence-corrected chi connectivity index (χ0v) is 11.9. The molecule has 1 aromatic heterocycles. The fraction of sp³-hybridized carbons (Fsp3) is 0.692. The Hall–Kier alpha value is -0.420. The van der Waals surface area contributed by atoms with E-state index in [0.29, 0.717) is 6.61 Å². The Labute approximate surface area is 108 Å². The van der Waals surface area contributed by atoms with Crippen LogP contribution in [0.2, 0.25) is 0 Å². The van der Waals surface area contributed by atoms with Gasteiger partial charge in [-0.15, -0.1) is 0 Å². The lowest BCUT2D eigenvalue weighted by atomic mass is 10.1. The van der Waals surface area contributed by atoms with Gasteiger partial charge in [0.05, 0.1) is 18.3 Å². The predicted octanol–water partition coefficient (Wildman–Crippen LogP) is 2.97. The molecule has 2 unspecified atom stereocenters. The predicted molar refractivity (Wildman–Crippen MR) is 72.4 cm³/mol. The third-order valence-corrected chi connectivity index (χ3v) is 3.60. The van der Waals surface area contributed by atoms with Crippen LogP contribution in [0.3, 0.4) is 0 Å². The molecule has 0 amide bonds. The Morgan fingerprint density at radius 1 is 1.47 bits per heavy atom. The highest BCUT2D eigenvalue weighted by atomic mass is 32.1. The fourth-order valence-corrected chi connectivity index (χ4v) is 2.21. The molecule has 0 aliphatic rings. The summed E-state index contributed by atoms with van der Waals surface area (Å²) < 4.78 is 11.2. The second-order valence-electron chi connectivity index (χ2n) is 4.92. The second kappa shape index (κ2) is 6.50. The first-order valence-corrected chi connectivity index (χ1v) is 6.85. The van der Waals surface area contributed by atoms with Crippen LogP contribution in [-0.4, -0.2) is 25.4 Å². The van der Waals surface area contributed by atoms with Crippen molar-refractivity contribution in [2.75, 3.05) is 13.7 Å². The molecule has 2 atom stereocenters. The van der Waals surface area contributed by atoms with Crippen LogP contribution < -0.4 is 5.73 Å². The zero-order valence-electron chi connectivity index (χ0n) is 11.1. The standard InChI is InChI=1S/C13H23NO2S/c1-10(14)12(11-5-8-17-9-11)16-7-6-13(2,3)15-4/h5,8-10,12H,6-7,14H2,1-4H3. The molecule has 98 valence electrons. The van der Waals surface area contributed by atoms with Crippen LogP contribution in [0.25, 0.3) is 0 Å². The molecule has 2 N–H and O–H groups in total. The molecule has 0 saturated carbocycles. The van der Waals surface area contributed by atoms with Gasteiger partial charge in [-0.1, -0.05) is 0 Å². The molecule has 0 saturated heterocycles. The second-order valence-corrected chi connectivity index (χ2v) is 5.70. The molecule has 4 heteroatoms. The lowest BCUT2D eigenvalue weighted by Crippen LogP contribution is -2.29. The largest absolute Gasteiger partial charge is 0.379 e. The van der Waals surface area contributed by atoms with E-state index in [1.807, 2.05) is 12.3 Å². The molecule has 1 aromatic rings. The number of hydrogen-bond acceptors (Lipinski definition) is 4. The number of nitrogens with two attached hydrogens (primary N) is 1. The van der Waals surface area contributed by atoms with Crippen molar-refractivity contribution < 1.29 is 9.47 Å². The third kappa shape index (κ3) is 4.76. The molecule has 1 heterocycles. The van der Waals surface area contributed by atoms with Gasteiger partial charge in [-0.25, -0.2) is 0 Å². The van der Waals surface area contributed by atoms with Crippen LogP contribution in [0.5, 0.6) is 0 Å². The van der Waals surface area contributed by atoms with Gasteiger partial charge < -0.3 is 15.2 Å². The molecule has 0 aliphatic carbocycles. The van der Waals surface area contributed by atoms with E-state index in [4.69, 9.17) is 15.2 Å². The van der Waals surface area contributed by atoms with Gasteiger partial charge in [0.2, 0.25) is 0 Å². The van der Waals surface area contributed by atoms with E-state index in [2.05, 4.69) is 25.3 Å². The van der Waals surface area contributed by atoms with Crippen molar-refractivity contribution in [1.82, 2.24) is 0 Å². The molecule has 1 rings (SSSR count). The molecule has 0 bridgehead atoms. The van der Waals surface area contributed by atoms with Crippen molar-refractivity contribution in [3.63, 3.8) is 0 Å². The Balaban J connectivity index is 2.47. The van der Waals surface area contributed by atoms with E-state index in [1.165, 1.54) is 5.56 Å². The summed E-state index contributed by atoms with van der Waals surface area (Å²) in [5.74, 6) is 0. The van der Waals surface area contributed by atoms with Gasteiger partial charge in [0.1, 0.15) is 0 Å². The zero-order chi connectivity index (χ0) is 12.9. The van der Waals surface area contributed by atoms with Crippen molar-refractivity contribution in [1.29, 1.82) is 0 Å². The average molecular weight is 257 g/mol. The van der Waals surface area contributed by atoms with Crippen LogP contribution >= 0.6 is 11.3 Å². The van der Waals surface area contributed by atoms with Crippen LogP contribution in [0, 0.1) is 0 Å². The summed E-state index contributed by atoms with van der Waals surface area (Å²) >= 11 is 1.67. The molecule has 17 heavy (non-hydrogen) atoms. The summed E-state index contributed by atoms with van der Waals surface area (Å²) in [4.78, 5) is 0. The minimum Gasteiger partial charge on any atom is -0.379 e. The monoisotopic (exact) mass is 257 g/mol. The first-order valence-electron chi connectivity index (χ1n) is 5.91. The van der Waals surface area contributed by atoms with Crippen molar-refractivity contribution in [3.05, 3.63) is 22.4 Å². The molecular weight excluding hydrogens is 234 g/mol. The van der Waals surface area contributed by atoms with Gasteiger partial charge in [-0.05, 0) is 49.6 Å². The lowest BCUT2D eigenvalue weighted by molar-refractivity contribution is -0.0316. The number of methoxy groups -OCH3 is 1. The summed E-state index contributed by atoms with van der Waals surface area (Å²) in [7, 11) is 1.72. The Kier molecular flexibility index (Phi) is 5.59. The van der Waals surface area contributed by atoms with Gasteiger partial charge in [0.15, 0.2) is 0 Å². The van der Waals surface area contributed by atoms with Crippen LogP contribution in [0.1, 0.15) is 38.9 Å². The summed E-state index contributed by atoms with van der Waals surface area (Å²) in [5, 5.41) is 4.14. The highest BCUT2D eigenvalue weighted by molar-refractivity contribution is 7.07. The lowest BCUT2D eigenvalue weighted by Gasteiger charge is -2.26. The first kappa shape index (κ1) is 14.6. The van der Waals surface area contributed by atoms with Gasteiger partial charge in [0.25, 0.3) is 0 Å². The van der Waals surface area contributed by atoms with Crippen LogP contribution in [-0.2, 0) is 9.47 Å². The van der Waals surface area contributed by atoms with Gasteiger partial charge >= 0.3 is 0 Å². The Morgan fingerprint density at radius 2 is 2.18 bits per heavy atom. The Bertz CT molecular complexity index is 309. The van der Waals surface area contributed by atoms with E-state index in [1.54, 1.807) is 18.4 Å². The number of hydrogen-bond donors (Lipinski definition) is 1. The molecule has 0 fully saturated rings. The molecule has 0 aliphatic heterocycles. The Morgan fingerprint density at radius 3 is 2.65 bits per heavy atom. The SMILES string of the molecule is COC(C)(C)CCOC(c1ccsc1)C(C)N. The normalized spacial score (nSPS) is 15.8. The smallest absolute Gasteiger partial charge is 0.0980 e. The van der Waals surface area contributed by atoms with Crippen LogP contribution in [0.15, 0.2) is 16.8 Å². The van der Waals surface area contributed by atoms with E-state index < -0.39 is 0 Å². The molecule has 0 radical (unpaired) electrons. The fourth-order valence-electron chi connectivity index (χ4n) is 1.52. The molecule has 0 spiro atoms. The van der Waals surface area contributed by atoms with E-state index in [0.717, 1.165) is 6.42 Å². The molecule has 0 aromatic carbocycles. The summed E-state index contributed by atoms with van der Waals surface area (Å²) in [6.45, 7) is 6.75. The first-order chi connectivity index (χ1) is 7.96. The summed E-state index contributed by atoms with van der Waals surface area (Å²) in [6.07, 6.45) is 0.838. The highest BCUT2D eigenvalue weighted by Gasteiger charge is 2.20. The highest BCUT2D eigenvalue weighted by Crippen LogP contribution is 2.24. The maximum atomic E-state index is 5.96. The summed E-state index contributed by atoms with van der Waals surface area (Å²) in [5.41, 5.74) is 6.98. The van der Waals surface area contributed by atoms with E-state index >= 15 is 0 Å². The summed E-state index contributed by atoms with van der Waals surface area (Å²) in [6, 6.07) is 2.07. The van der Waals surface area contributed by atoms with Crippen molar-refractivity contribution in [2.45, 2.75) is 44.9 Å². The topological polar surface area (TPSA) is 44.5 Å². The van der Waals surface area contributed by atoms with Crippen LogP contribution in [0.4, 0.5) is 0 Å². The van der Waals surface area contributed by atoms with Gasteiger partial charge in [-0.3, -0.25) is 0 Å². The number of thiophene rings is 1. The van der Waals surface area contributed by atoms with Crippen molar-refractivity contribution in [3.8, 4) is 0 Å². The molecular formula is C13H23NO2S. The van der Waals surface area contributed by atoms with Crippen molar-refractivity contribution >= 4 is 11.3 Å². The minimum atomic E-state index is -0.142. The molecule has 3 nitrogen and oxygen atoms in total.